The second-order valence-electron chi connectivity index (χ2n) is 11.0. The van der Waals surface area contributed by atoms with Gasteiger partial charge in [-0.25, -0.2) is 0 Å². The second-order valence-corrected chi connectivity index (χ2v) is 11.0. The van der Waals surface area contributed by atoms with Crippen molar-refractivity contribution >= 4 is 65.4 Å². The molecule has 8 aromatic carbocycles. The monoisotopic (exact) mass is 680 g/mol. The molecule has 238 valence electrons. The first-order chi connectivity index (χ1) is 38.2. The topological polar surface area (TPSA) is 14.8 Å². The summed E-state index contributed by atoms with van der Waals surface area (Å²) in [6.45, 7) is 0. The minimum absolute atomic E-state index is 0.520. The van der Waals surface area contributed by atoms with Crippen molar-refractivity contribution in [3.8, 4) is 28.2 Å². The third kappa shape index (κ3) is 4.06. The lowest BCUT2D eigenvalue weighted by Gasteiger charge is -2.15. The van der Waals surface area contributed by atoms with E-state index in [0.29, 0.717) is 9.13 Å². The highest BCUT2D eigenvalue weighted by molar-refractivity contribution is 6.13. The third-order valence-corrected chi connectivity index (χ3v) is 8.41. The number of aromatic nitrogens is 3. The van der Waals surface area contributed by atoms with Crippen LogP contribution in [0.1, 0.15) is 42.5 Å². The van der Waals surface area contributed by atoms with Crippen LogP contribution in [0.15, 0.2) is 187 Å². The average Bonchev–Trinajstić information content (AvgIpc) is 1.66. The van der Waals surface area contributed by atoms with Gasteiger partial charge in [-0.3, -0.25) is 0 Å². The third-order valence-electron chi connectivity index (χ3n) is 8.41. The number of hydrogen-bond acceptors (Lipinski definition) is 0. The van der Waals surface area contributed by atoms with Crippen molar-refractivity contribution in [3.63, 3.8) is 0 Å². The molecule has 0 saturated heterocycles. The zero-order valence-corrected chi connectivity index (χ0v) is 25.3. The van der Waals surface area contributed by atoms with Gasteiger partial charge in [0.1, 0.15) is 0 Å². The maximum absolute atomic E-state index is 10.3. The van der Waals surface area contributed by atoms with Crippen LogP contribution in [-0.2, 0) is 0 Å². The molecule has 0 radical (unpaired) electrons. The van der Waals surface area contributed by atoms with Crippen LogP contribution >= 0.6 is 0 Å². The molecule has 11 aromatic rings. The molecule has 3 heteroatoms. The van der Waals surface area contributed by atoms with Gasteiger partial charge in [0.2, 0.25) is 0 Å². The molecule has 3 aromatic heterocycles. The van der Waals surface area contributed by atoms with E-state index in [-0.39, 0.29) is 0 Å². The van der Waals surface area contributed by atoms with E-state index in [1.54, 1.807) is 0 Å². The summed E-state index contributed by atoms with van der Waals surface area (Å²) in [5, 5.41) is -3.70. The Labute approximate surface area is 338 Å². The maximum Gasteiger partial charge on any atom is 0.0667 e. The van der Waals surface area contributed by atoms with E-state index in [1.165, 1.54) is 0 Å². The summed E-state index contributed by atoms with van der Waals surface area (Å²) in [5.74, 6) is 0. The minimum Gasteiger partial charge on any atom is -0.309 e. The lowest BCUT2D eigenvalue weighted by Crippen LogP contribution is -1.99. The minimum atomic E-state index is -1.13. The molecule has 0 aliphatic heterocycles. The van der Waals surface area contributed by atoms with Crippen molar-refractivity contribution in [3.05, 3.63) is 187 Å². The van der Waals surface area contributed by atoms with Crippen LogP contribution in [0.2, 0.25) is 0 Å². The normalized spacial score (nSPS) is 20.4. The molecule has 3 nitrogen and oxygen atoms in total. The Hall–Kier alpha value is -6.84. The van der Waals surface area contributed by atoms with E-state index in [0.717, 1.165) is 4.57 Å². The van der Waals surface area contributed by atoms with E-state index < -0.39 is 281 Å². The summed E-state index contributed by atoms with van der Waals surface area (Å²) >= 11 is 0. The summed E-state index contributed by atoms with van der Waals surface area (Å²) in [5.41, 5.74) is -8.94. The molecule has 0 aliphatic rings. The number of nitrogens with zero attached hydrogens (tertiary/aromatic N) is 3. The van der Waals surface area contributed by atoms with Gasteiger partial charge in [-0.2, -0.15) is 0 Å². The Balaban J connectivity index is 1.46. The molecule has 0 saturated carbocycles. The van der Waals surface area contributed by atoms with E-state index in [2.05, 4.69) is 0 Å². The highest BCUT2D eigenvalue weighted by Crippen LogP contribution is 2.40. The van der Waals surface area contributed by atoms with Gasteiger partial charge in [0, 0.05) is 49.3 Å². The van der Waals surface area contributed by atoms with Crippen LogP contribution in [-0.4, -0.2) is 13.7 Å². The van der Waals surface area contributed by atoms with Crippen LogP contribution in [0.4, 0.5) is 0 Å². The predicted molar refractivity (Wildman–Crippen MR) is 215 cm³/mol. The highest BCUT2D eigenvalue weighted by atomic mass is 15.0. The lowest BCUT2D eigenvalue weighted by atomic mass is 10.0. The first-order valence-corrected chi connectivity index (χ1v) is 15.0. The second kappa shape index (κ2) is 10.8. The lowest BCUT2D eigenvalue weighted by molar-refractivity contribution is 1.15. The summed E-state index contributed by atoms with van der Waals surface area (Å²) in [6.07, 6.45) is 0. The molecule has 0 fully saturated rings. The molecule has 11 rings (SSSR count). The Bertz CT molecular complexity index is 4830. The predicted octanol–water partition coefficient (Wildman–Crippen LogP) is 12.6. The van der Waals surface area contributed by atoms with Crippen molar-refractivity contribution in [2.24, 2.45) is 0 Å². The van der Waals surface area contributed by atoms with E-state index in [1.807, 2.05) is 0 Å². The van der Waals surface area contributed by atoms with Gasteiger partial charge >= 0.3 is 0 Å². The first kappa shape index (κ1) is 11.3. The molecule has 0 amide bonds. The Morgan fingerprint density at radius 3 is 1.20 bits per heavy atom. The van der Waals surface area contributed by atoms with E-state index in [4.69, 9.17) is 26.0 Å². The average molecular weight is 681 g/mol. The van der Waals surface area contributed by atoms with Gasteiger partial charge in [-0.15, -0.1) is 0 Å². The summed E-state index contributed by atoms with van der Waals surface area (Å²) in [6, 6.07) is -30.3. The zero-order chi connectivity index (χ0) is 60.4. The summed E-state index contributed by atoms with van der Waals surface area (Å²) in [4.78, 5) is 0. The van der Waals surface area contributed by atoms with Gasteiger partial charge < -0.3 is 13.7 Å². The molecule has 0 atom stereocenters. The van der Waals surface area contributed by atoms with Gasteiger partial charge in [0.25, 0.3) is 0 Å². The van der Waals surface area contributed by atoms with Crippen molar-refractivity contribution in [2.75, 3.05) is 0 Å². The van der Waals surface area contributed by atoms with Crippen LogP contribution in [0.3, 0.4) is 0 Å². The van der Waals surface area contributed by atoms with Crippen LogP contribution in [0, 0.1) is 0 Å². The Morgan fingerprint density at radius 2 is 0.667 bits per heavy atom. The number of benzene rings is 8. The smallest absolute Gasteiger partial charge is 0.0667 e. The highest BCUT2D eigenvalue weighted by Gasteiger charge is 2.19. The maximum atomic E-state index is 10.3. The molecule has 3 heterocycles. The van der Waals surface area contributed by atoms with Crippen molar-refractivity contribution < 1.29 is 42.5 Å². The van der Waals surface area contributed by atoms with Gasteiger partial charge in [-0.1, -0.05) is 133 Å². The molecule has 51 heavy (non-hydrogen) atoms. The molecule has 0 aliphatic carbocycles. The van der Waals surface area contributed by atoms with E-state index >= 15 is 0 Å². The molecule has 0 N–H and O–H groups in total. The van der Waals surface area contributed by atoms with E-state index in [9.17, 15) is 16.4 Å². The van der Waals surface area contributed by atoms with Crippen molar-refractivity contribution in [2.45, 2.75) is 0 Å². The van der Waals surface area contributed by atoms with Crippen LogP contribution < -0.4 is 0 Å². The first-order valence-electron chi connectivity index (χ1n) is 30.5. The molecule has 0 bridgehead atoms. The molecule has 0 unspecified atom stereocenters. The Kier molecular flexibility index (Phi) is 2.41. The quantitative estimate of drug-likeness (QED) is 0.176. The van der Waals surface area contributed by atoms with Crippen molar-refractivity contribution in [1.29, 1.82) is 0 Å². The number of rotatable bonds is 4. The molecular weight excluding hydrogens is 619 g/mol. The van der Waals surface area contributed by atoms with Gasteiger partial charge in [-0.05, 0) is 59.9 Å². The number of para-hydroxylation sites is 5. The van der Waals surface area contributed by atoms with Gasteiger partial charge in [0.05, 0.1) is 81.3 Å². The fourth-order valence-electron chi connectivity index (χ4n) is 6.35. The number of fused-ring (bicyclic) bond motifs is 9. The van der Waals surface area contributed by atoms with Crippen LogP contribution in [0.5, 0.6) is 0 Å². The largest absolute Gasteiger partial charge is 0.309 e. The SMILES string of the molecule is [2H]c1c([2H])c([2H])c(-c2c([2H])c([2H])c([2H])c([2H])c2-n2c3c([2H])c([2H])c([2H])c([2H])c3c3c([2H])c([2H])c(-n4c5c([2H])c([2H])c([2H])c([2H])c5c5c([2H])c([2H])c(-n6c7c([2H])c([2H])c([2H])c([2H])c7c7c([2H])c([2H])c([2H])c([2H])c76)c([2H])c54)c([2H])c32)c([2H])c1[2H]. The standard InChI is InChI=1S/C48H31N3/c1-2-14-32(15-3-1)35-16-4-9-21-42(35)51-46-25-13-8-20-39(46)41-29-27-34(31-48(41)51)50-45-24-12-7-19-38(45)40-28-26-33(30-47(40)50)49-43-22-10-5-17-36(43)37-18-6-11-23-44(37)49/h1-31H/i1D,2D,3D,4D,5D,6D,7D,8D,9D,10D,11D,12D,13D,14D,15D,16D,17D,18D,19D,20D,21D,22D,23D,24D,25D,26D,27D,28D,29D,30D,31D. The Morgan fingerprint density at radius 1 is 0.294 bits per heavy atom. The summed E-state index contributed by atoms with van der Waals surface area (Å²) in [7, 11) is 0. The fraction of sp³-hybridized carbons (Fsp3) is 0. The summed E-state index contributed by atoms with van der Waals surface area (Å²) < 4.78 is 284. The van der Waals surface area contributed by atoms with Gasteiger partial charge in [0.15, 0.2) is 0 Å². The van der Waals surface area contributed by atoms with Crippen LogP contribution in [0.25, 0.3) is 93.6 Å². The molecular formula is C48H31N3. The fourth-order valence-corrected chi connectivity index (χ4v) is 6.35. The zero-order valence-electron chi connectivity index (χ0n) is 56.3. The number of hydrogen-bond donors (Lipinski definition) is 0. The molecule has 0 spiro atoms. The van der Waals surface area contributed by atoms with Crippen molar-refractivity contribution in [1.82, 2.24) is 13.7 Å².